The molecule has 10 heteroatoms. The fourth-order valence-electron chi connectivity index (χ4n) is 4.59. The number of alkyl carbamates (subject to hydrolysis) is 1. The van der Waals surface area contributed by atoms with Crippen molar-refractivity contribution in [2.24, 2.45) is 0 Å². The number of carboxylic acids is 1. The smallest absolute Gasteiger partial charge is 0.407 e. The molecule has 0 saturated carbocycles. The predicted octanol–water partition coefficient (Wildman–Crippen LogP) is 3.25. The first-order valence-electron chi connectivity index (χ1n) is 11.3. The highest BCUT2D eigenvalue weighted by molar-refractivity contribution is 5.87. The van der Waals surface area contributed by atoms with E-state index in [0.717, 1.165) is 27.2 Å². The van der Waals surface area contributed by atoms with Crippen molar-refractivity contribution in [2.75, 3.05) is 26.3 Å². The normalized spacial score (nSPS) is 20.2. The summed E-state index contributed by atoms with van der Waals surface area (Å²) in [6, 6.07) is 13.9. The van der Waals surface area contributed by atoms with E-state index in [1.165, 1.54) is 6.92 Å². The number of fused-ring (bicyclic) bond motifs is 3. The number of halogens is 2. The van der Waals surface area contributed by atoms with Gasteiger partial charge in [0.25, 0.3) is 0 Å². The Bertz CT molecular complexity index is 1080. The average Bonchev–Trinajstić information content (AvgIpc) is 3.15. The zero-order valence-electron chi connectivity index (χ0n) is 19.1. The summed E-state index contributed by atoms with van der Waals surface area (Å²) >= 11 is 0. The van der Waals surface area contributed by atoms with Gasteiger partial charge in [0.1, 0.15) is 12.6 Å². The molecule has 1 aliphatic carbocycles. The summed E-state index contributed by atoms with van der Waals surface area (Å²) in [5, 5.41) is 11.6. The largest absolute Gasteiger partial charge is 0.479 e. The summed E-state index contributed by atoms with van der Waals surface area (Å²) in [5.74, 6) is -2.31. The first-order valence-corrected chi connectivity index (χ1v) is 11.3. The van der Waals surface area contributed by atoms with Gasteiger partial charge in [0, 0.05) is 18.9 Å². The molecule has 8 nitrogen and oxygen atoms in total. The molecule has 35 heavy (non-hydrogen) atoms. The third kappa shape index (κ3) is 5.12. The fourth-order valence-corrected chi connectivity index (χ4v) is 4.59. The molecule has 2 atom stereocenters. The predicted molar refractivity (Wildman–Crippen MR) is 121 cm³/mol. The molecule has 2 aromatic carbocycles. The van der Waals surface area contributed by atoms with Gasteiger partial charge < -0.3 is 24.8 Å². The maximum Gasteiger partial charge on any atom is 0.407 e. The number of rotatable bonds is 7. The van der Waals surface area contributed by atoms with Crippen molar-refractivity contribution in [1.29, 1.82) is 0 Å². The first-order chi connectivity index (χ1) is 16.7. The number of amides is 2. The molecule has 2 aliphatic rings. The number of carbonyl (C=O) groups excluding carboxylic acids is 2. The lowest BCUT2D eigenvalue weighted by molar-refractivity contribution is -0.177. The van der Waals surface area contributed by atoms with E-state index in [1.54, 1.807) is 0 Å². The molecule has 0 spiro atoms. The average molecular weight is 488 g/mol. The molecule has 1 heterocycles. The van der Waals surface area contributed by atoms with Gasteiger partial charge >= 0.3 is 12.1 Å². The molecular weight excluding hydrogens is 462 g/mol. The highest BCUT2D eigenvalue weighted by Gasteiger charge is 2.42. The molecule has 1 aliphatic heterocycles. The number of nitrogens with zero attached hydrogens (tertiary/aromatic N) is 1. The number of ether oxygens (including phenoxy) is 2. The van der Waals surface area contributed by atoms with Crippen molar-refractivity contribution in [3.05, 3.63) is 59.7 Å². The Hall–Kier alpha value is -3.53. The van der Waals surface area contributed by atoms with Crippen LogP contribution in [0, 0.1) is 0 Å². The minimum absolute atomic E-state index is 0.0216. The Labute approximate surface area is 200 Å². The number of nitrogens with one attached hydrogen (secondary N) is 1. The van der Waals surface area contributed by atoms with Crippen LogP contribution < -0.4 is 5.32 Å². The van der Waals surface area contributed by atoms with Crippen LogP contribution in [0.4, 0.5) is 13.6 Å². The SMILES string of the molecule is CC1(C(=O)O)CN(C(=O)C(CC(F)F)NC(=O)OCC2c3ccccc3-c3ccccc32)CCO1. The Kier molecular flexibility index (Phi) is 7.02. The lowest BCUT2D eigenvalue weighted by atomic mass is 9.98. The summed E-state index contributed by atoms with van der Waals surface area (Å²) in [4.78, 5) is 38.1. The van der Waals surface area contributed by atoms with E-state index in [4.69, 9.17) is 9.47 Å². The third-order valence-electron chi connectivity index (χ3n) is 6.39. The Balaban J connectivity index is 1.43. The highest BCUT2D eigenvalue weighted by Crippen LogP contribution is 2.44. The molecule has 0 aromatic heterocycles. The number of benzene rings is 2. The van der Waals surface area contributed by atoms with Crippen molar-refractivity contribution in [3.8, 4) is 11.1 Å². The Morgan fingerprint density at radius 1 is 1.14 bits per heavy atom. The van der Waals surface area contributed by atoms with Crippen LogP contribution in [0.25, 0.3) is 11.1 Å². The molecule has 0 radical (unpaired) electrons. The topological polar surface area (TPSA) is 105 Å². The summed E-state index contributed by atoms with van der Waals surface area (Å²) < 4.78 is 37.1. The lowest BCUT2D eigenvalue weighted by Crippen LogP contribution is -2.59. The van der Waals surface area contributed by atoms with Crippen LogP contribution >= 0.6 is 0 Å². The number of carboxylic acid groups (broad SMARTS) is 1. The third-order valence-corrected chi connectivity index (χ3v) is 6.39. The van der Waals surface area contributed by atoms with Crippen LogP contribution in [0.3, 0.4) is 0 Å². The Morgan fingerprint density at radius 3 is 2.31 bits per heavy atom. The summed E-state index contributed by atoms with van der Waals surface area (Å²) in [5.41, 5.74) is 2.40. The highest BCUT2D eigenvalue weighted by atomic mass is 19.3. The molecule has 2 aromatic rings. The standard InChI is InChI=1S/C25H26F2N2O6/c1-25(23(31)32)14-29(10-11-35-25)22(30)20(12-21(26)27)28-24(33)34-13-19-17-8-4-2-6-15(17)16-7-3-5-9-18(16)19/h2-9,19-21H,10-14H2,1H3,(H,28,33)(H,31,32). The van der Waals surface area contributed by atoms with Crippen molar-refractivity contribution in [3.63, 3.8) is 0 Å². The number of alkyl halides is 2. The van der Waals surface area contributed by atoms with Gasteiger partial charge in [-0.1, -0.05) is 48.5 Å². The van der Waals surface area contributed by atoms with Crippen LogP contribution in [0.1, 0.15) is 30.4 Å². The van der Waals surface area contributed by atoms with E-state index in [-0.39, 0.29) is 32.2 Å². The van der Waals surface area contributed by atoms with Crippen molar-refractivity contribution >= 4 is 18.0 Å². The van der Waals surface area contributed by atoms with Gasteiger partial charge in [-0.2, -0.15) is 0 Å². The van der Waals surface area contributed by atoms with Gasteiger partial charge in [-0.3, -0.25) is 4.79 Å². The van der Waals surface area contributed by atoms with Gasteiger partial charge in [0.2, 0.25) is 12.3 Å². The van der Waals surface area contributed by atoms with E-state index in [0.29, 0.717) is 0 Å². The molecule has 1 saturated heterocycles. The molecule has 2 amide bonds. The van der Waals surface area contributed by atoms with Crippen LogP contribution in [-0.4, -0.2) is 72.3 Å². The van der Waals surface area contributed by atoms with Gasteiger partial charge in [-0.05, 0) is 29.2 Å². The maximum absolute atomic E-state index is 13.2. The second-order valence-electron chi connectivity index (χ2n) is 8.79. The van der Waals surface area contributed by atoms with Gasteiger partial charge in [0.15, 0.2) is 5.60 Å². The van der Waals surface area contributed by atoms with E-state index in [9.17, 15) is 28.3 Å². The van der Waals surface area contributed by atoms with E-state index >= 15 is 0 Å². The summed E-state index contributed by atoms with van der Waals surface area (Å²) in [7, 11) is 0. The van der Waals surface area contributed by atoms with Gasteiger partial charge in [-0.25, -0.2) is 18.4 Å². The van der Waals surface area contributed by atoms with Gasteiger partial charge in [0.05, 0.1) is 13.2 Å². The summed E-state index contributed by atoms with van der Waals surface area (Å²) in [6.07, 6.45) is -4.80. The molecule has 0 bridgehead atoms. The zero-order valence-corrected chi connectivity index (χ0v) is 19.1. The van der Waals surface area contributed by atoms with Crippen LogP contribution in [0.2, 0.25) is 0 Å². The second-order valence-corrected chi connectivity index (χ2v) is 8.79. The van der Waals surface area contributed by atoms with Crippen molar-refractivity contribution in [1.82, 2.24) is 10.2 Å². The first kappa shape index (κ1) is 24.6. The minimum atomic E-state index is -2.87. The maximum atomic E-state index is 13.2. The monoisotopic (exact) mass is 488 g/mol. The van der Waals surface area contributed by atoms with E-state index in [2.05, 4.69) is 5.32 Å². The number of carbonyl (C=O) groups is 3. The van der Waals surface area contributed by atoms with Crippen molar-refractivity contribution < 1.29 is 37.7 Å². The molecule has 4 rings (SSSR count). The van der Waals surface area contributed by atoms with Crippen LogP contribution in [-0.2, 0) is 19.1 Å². The molecule has 2 unspecified atom stereocenters. The number of morpholine rings is 1. The quantitative estimate of drug-likeness (QED) is 0.620. The van der Waals surface area contributed by atoms with E-state index < -0.39 is 42.5 Å². The molecule has 1 fully saturated rings. The molecule has 2 N–H and O–H groups in total. The molecule has 186 valence electrons. The van der Waals surface area contributed by atoms with Crippen molar-refractivity contribution in [2.45, 2.75) is 37.3 Å². The van der Waals surface area contributed by atoms with Crippen LogP contribution in [0.5, 0.6) is 0 Å². The van der Waals surface area contributed by atoms with Crippen LogP contribution in [0.15, 0.2) is 48.5 Å². The molecular formula is C25H26F2N2O6. The second kappa shape index (κ2) is 9.99. The number of aliphatic carboxylic acids is 1. The Morgan fingerprint density at radius 2 is 1.74 bits per heavy atom. The van der Waals surface area contributed by atoms with Gasteiger partial charge in [-0.15, -0.1) is 0 Å². The zero-order chi connectivity index (χ0) is 25.2. The summed E-state index contributed by atoms with van der Waals surface area (Å²) in [6.45, 7) is 0.891. The van der Waals surface area contributed by atoms with E-state index in [1.807, 2.05) is 48.5 Å². The minimum Gasteiger partial charge on any atom is -0.479 e. The lowest BCUT2D eigenvalue weighted by Gasteiger charge is -2.38. The number of hydrogen-bond acceptors (Lipinski definition) is 5. The number of hydrogen-bond donors (Lipinski definition) is 2. The fraction of sp³-hybridized carbons (Fsp3) is 0.400.